The fourth-order valence-corrected chi connectivity index (χ4v) is 4.04. The molecule has 0 aliphatic heterocycles. The summed E-state index contributed by atoms with van der Waals surface area (Å²) in [5.41, 5.74) is 3.03. The summed E-state index contributed by atoms with van der Waals surface area (Å²) in [7, 11) is 1.69. The predicted octanol–water partition coefficient (Wildman–Crippen LogP) is 5.89. The molecule has 0 spiro atoms. The van der Waals surface area contributed by atoms with Crippen molar-refractivity contribution in [3.8, 4) is 17.1 Å². The zero-order valence-electron chi connectivity index (χ0n) is 18.9. The molecule has 3 rings (SSSR count). The van der Waals surface area contributed by atoms with Gasteiger partial charge in [-0.2, -0.15) is 4.80 Å². The van der Waals surface area contributed by atoms with E-state index in [4.69, 9.17) is 9.72 Å². The molecule has 0 aliphatic rings. The molecule has 0 fully saturated rings. The number of hydrogen-bond donors (Lipinski definition) is 0. The Morgan fingerprint density at radius 3 is 2.57 bits per heavy atom. The summed E-state index contributed by atoms with van der Waals surface area (Å²) in [4.78, 5) is 6.47. The first-order valence-corrected chi connectivity index (χ1v) is 11.2. The molecule has 0 amide bonds. The molecule has 6 nitrogen and oxygen atoms in total. The van der Waals surface area contributed by atoms with Gasteiger partial charge in [0.2, 0.25) is 5.82 Å². The Kier molecular flexibility index (Phi) is 6.71. The second-order valence-corrected chi connectivity index (χ2v) is 9.59. The molecule has 0 aliphatic carbocycles. The van der Waals surface area contributed by atoms with Crippen molar-refractivity contribution in [1.29, 1.82) is 0 Å². The SMILES string of the molecule is COc1ccc(-c2nnn(C(C)C)n2)cc1C=CCC(C)(C)c1csc(C(C)C)n1. The maximum absolute atomic E-state index is 5.55. The summed E-state index contributed by atoms with van der Waals surface area (Å²) in [5.74, 6) is 1.90. The van der Waals surface area contributed by atoms with Crippen molar-refractivity contribution in [2.45, 2.75) is 65.3 Å². The van der Waals surface area contributed by atoms with Crippen LogP contribution in [0.2, 0.25) is 0 Å². The van der Waals surface area contributed by atoms with Crippen LogP contribution in [0, 0.1) is 0 Å². The standard InChI is InChI=1S/C23H31N5OS/c1-15(2)22-24-20(14-30-22)23(5,6)12-8-9-17-13-18(10-11-19(17)29-7)21-25-27-28(26-21)16(3)4/h8-11,13-16H,12H2,1-7H3. The normalized spacial score (nSPS) is 12.4. The minimum Gasteiger partial charge on any atom is -0.496 e. The van der Waals surface area contributed by atoms with Gasteiger partial charge in [-0.25, -0.2) is 4.98 Å². The zero-order chi connectivity index (χ0) is 21.9. The van der Waals surface area contributed by atoms with Crippen LogP contribution in [-0.2, 0) is 5.41 Å². The van der Waals surface area contributed by atoms with Gasteiger partial charge < -0.3 is 4.74 Å². The first-order chi connectivity index (χ1) is 14.2. The van der Waals surface area contributed by atoms with E-state index in [2.05, 4.69) is 60.6 Å². The fraction of sp³-hybridized carbons (Fsp3) is 0.478. The van der Waals surface area contributed by atoms with Crippen LogP contribution in [0.25, 0.3) is 17.5 Å². The Morgan fingerprint density at radius 1 is 1.20 bits per heavy atom. The highest BCUT2D eigenvalue weighted by Crippen LogP contribution is 2.32. The van der Waals surface area contributed by atoms with E-state index in [1.807, 2.05) is 32.0 Å². The molecule has 0 unspecified atom stereocenters. The predicted molar refractivity (Wildman–Crippen MR) is 123 cm³/mol. The first-order valence-electron chi connectivity index (χ1n) is 10.3. The molecule has 2 aromatic heterocycles. The monoisotopic (exact) mass is 425 g/mol. The van der Waals surface area contributed by atoms with Gasteiger partial charge >= 0.3 is 0 Å². The third-order valence-electron chi connectivity index (χ3n) is 5.01. The van der Waals surface area contributed by atoms with Gasteiger partial charge in [0.05, 0.1) is 23.9 Å². The van der Waals surface area contributed by atoms with E-state index in [0.717, 1.165) is 29.0 Å². The molecule has 0 saturated carbocycles. The lowest BCUT2D eigenvalue weighted by Crippen LogP contribution is -2.16. The van der Waals surface area contributed by atoms with Crippen LogP contribution >= 0.6 is 11.3 Å². The van der Waals surface area contributed by atoms with E-state index in [-0.39, 0.29) is 11.5 Å². The van der Waals surface area contributed by atoms with E-state index >= 15 is 0 Å². The number of rotatable bonds is 8. The van der Waals surface area contributed by atoms with Crippen molar-refractivity contribution < 1.29 is 4.74 Å². The van der Waals surface area contributed by atoms with E-state index in [0.29, 0.717) is 11.7 Å². The average Bonchev–Trinajstić information content (AvgIpc) is 3.38. The molecule has 0 radical (unpaired) electrons. The summed E-state index contributed by atoms with van der Waals surface area (Å²) in [6, 6.07) is 6.13. The highest BCUT2D eigenvalue weighted by atomic mass is 32.1. The van der Waals surface area contributed by atoms with Crippen LogP contribution in [0.4, 0.5) is 0 Å². The molecule has 0 atom stereocenters. The van der Waals surface area contributed by atoms with Crippen molar-refractivity contribution in [1.82, 2.24) is 25.2 Å². The zero-order valence-corrected chi connectivity index (χ0v) is 19.7. The molecule has 30 heavy (non-hydrogen) atoms. The van der Waals surface area contributed by atoms with Crippen molar-refractivity contribution in [2.75, 3.05) is 7.11 Å². The number of aromatic nitrogens is 5. The molecule has 0 bridgehead atoms. The van der Waals surface area contributed by atoms with Crippen molar-refractivity contribution in [3.05, 3.63) is 45.9 Å². The minimum atomic E-state index is -0.0352. The Balaban J connectivity index is 1.80. The van der Waals surface area contributed by atoms with Crippen LogP contribution < -0.4 is 4.74 Å². The second kappa shape index (κ2) is 9.08. The molecular formula is C23H31N5OS. The van der Waals surface area contributed by atoms with Crippen LogP contribution in [0.3, 0.4) is 0 Å². The van der Waals surface area contributed by atoms with Crippen LogP contribution in [0.1, 0.15) is 76.2 Å². The third kappa shape index (κ3) is 4.95. The van der Waals surface area contributed by atoms with Gasteiger partial charge in [0.15, 0.2) is 0 Å². The lowest BCUT2D eigenvalue weighted by Gasteiger charge is -2.20. The Morgan fingerprint density at radius 2 is 1.97 bits per heavy atom. The summed E-state index contributed by atoms with van der Waals surface area (Å²) in [6.07, 6.45) is 5.17. The average molecular weight is 426 g/mol. The van der Waals surface area contributed by atoms with Gasteiger partial charge in [-0.3, -0.25) is 0 Å². The Labute approximate surface area is 183 Å². The van der Waals surface area contributed by atoms with E-state index in [1.54, 1.807) is 23.2 Å². The highest BCUT2D eigenvalue weighted by Gasteiger charge is 2.23. The number of thiazole rings is 1. The quantitative estimate of drug-likeness (QED) is 0.450. The summed E-state index contributed by atoms with van der Waals surface area (Å²) in [5, 5.41) is 16.2. The van der Waals surface area contributed by atoms with Gasteiger partial charge in [-0.1, -0.05) is 39.8 Å². The van der Waals surface area contributed by atoms with Gasteiger partial charge in [-0.05, 0) is 43.7 Å². The fourth-order valence-electron chi connectivity index (χ4n) is 3.01. The number of methoxy groups -OCH3 is 1. The number of tetrazole rings is 1. The molecule has 2 heterocycles. The summed E-state index contributed by atoms with van der Waals surface area (Å²) < 4.78 is 5.55. The summed E-state index contributed by atoms with van der Waals surface area (Å²) >= 11 is 1.75. The van der Waals surface area contributed by atoms with Crippen LogP contribution in [0.5, 0.6) is 5.75 Å². The third-order valence-corrected chi connectivity index (χ3v) is 6.16. The maximum atomic E-state index is 5.55. The lowest BCUT2D eigenvalue weighted by molar-refractivity contribution is 0.414. The smallest absolute Gasteiger partial charge is 0.204 e. The van der Waals surface area contributed by atoms with E-state index in [9.17, 15) is 0 Å². The first kappa shape index (κ1) is 22.2. The maximum Gasteiger partial charge on any atom is 0.204 e. The van der Waals surface area contributed by atoms with Crippen LogP contribution in [-0.4, -0.2) is 32.3 Å². The van der Waals surface area contributed by atoms with Gasteiger partial charge in [-0.15, -0.1) is 21.5 Å². The van der Waals surface area contributed by atoms with E-state index < -0.39 is 0 Å². The molecular weight excluding hydrogens is 394 g/mol. The number of nitrogens with zero attached hydrogens (tertiary/aromatic N) is 5. The van der Waals surface area contributed by atoms with Crippen molar-refractivity contribution in [3.63, 3.8) is 0 Å². The van der Waals surface area contributed by atoms with E-state index in [1.165, 1.54) is 5.01 Å². The van der Waals surface area contributed by atoms with Gasteiger partial charge in [0.1, 0.15) is 5.75 Å². The van der Waals surface area contributed by atoms with Gasteiger partial charge in [0.25, 0.3) is 0 Å². The van der Waals surface area contributed by atoms with Crippen molar-refractivity contribution >= 4 is 17.4 Å². The molecule has 1 aromatic carbocycles. The van der Waals surface area contributed by atoms with Gasteiger partial charge in [0, 0.05) is 27.8 Å². The number of benzene rings is 1. The molecule has 0 saturated heterocycles. The molecule has 0 N–H and O–H groups in total. The Bertz CT molecular complexity index is 1020. The lowest BCUT2D eigenvalue weighted by atomic mass is 9.86. The van der Waals surface area contributed by atoms with Crippen molar-refractivity contribution in [2.24, 2.45) is 0 Å². The second-order valence-electron chi connectivity index (χ2n) is 8.70. The number of ether oxygens (including phenoxy) is 1. The summed E-state index contributed by atoms with van der Waals surface area (Å²) in [6.45, 7) is 12.9. The molecule has 7 heteroatoms. The topological polar surface area (TPSA) is 65.7 Å². The minimum absolute atomic E-state index is 0.0352. The number of hydrogen-bond acceptors (Lipinski definition) is 6. The molecule has 3 aromatic rings. The number of allylic oxidation sites excluding steroid dienone is 1. The highest BCUT2D eigenvalue weighted by molar-refractivity contribution is 7.09. The largest absolute Gasteiger partial charge is 0.496 e. The Hall–Kier alpha value is -2.54. The molecule has 160 valence electrons. The van der Waals surface area contributed by atoms with Crippen LogP contribution in [0.15, 0.2) is 29.7 Å².